The SMILES string of the molecule is CCCCOCC(=O)N1CCC2CCC(C1)N2. The van der Waals surface area contributed by atoms with Gasteiger partial charge in [0.15, 0.2) is 0 Å². The highest BCUT2D eigenvalue weighted by atomic mass is 16.5. The quantitative estimate of drug-likeness (QED) is 0.733. The molecule has 2 aliphatic rings. The van der Waals surface area contributed by atoms with Gasteiger partial charge in [0.2, 0.25) is 5.91 Å². The van der Waals surface area contributed by atoms with Crippen molar-refractivity contribution in [1.82, 2.24) is 10.2 Å². The van der Waals surface area contributed by atoms with E-state index in [1.54, 1.807) is 0 Å². The number of hydrogen-bond acceptors (Lipinski definition) is 3. The average molecular weight is 240 g/mol. The van der Waals surface area contributed by atoms with Crippen molar-refractivity contribution < 1.29 is 9.53 Å². The summed E-state index contributed by atoms with van der Waals surface area (Å²) in [6.07, 6.45) is 5.74. The van der Waals surface area contributed by atoms with Crippen LogP contribution in [0.15, 0.2) is 0 Å². The second kappa shape index (κ2) is 6.36. The standard InChI is InChI=1S/C13H24N2O2/c1-2-3-8-17-10-13(16)15-7-6-11-4-5-12(9-15)14-11/h11-12,14H,2-10H2,1H3. The summed E-state index contributed by atoms with van der Waals surface area (Å²) in [5.41, 5.74) is 0. The first-order chi connectivity index (χ1) is 8.29. The lowest BCUT2D eigenvalue weighted by atomic mass is 10.1. The van der Waals surface area contributed by atoms with Crippen molar-refractivity contribution in [2.45, 2.75) is 51.1 Å². The predicted octanol–water partition coefficient (Wildman–Crippen LogP) is 1.16. The van der Waals surface area contributed by atoms with E-state index in [2.05, 4.69) is 12.2 Å². The molecule has 2 saturated heterocycles. The van der Waals surface area contributed by atoms with Crippen LogP contribution in [-0.2, 0) is 9.53 Å². The van der Waals surface area contributed by atoms with Gasteiger partial charge in [0.25, 0.3) is 0 Å². The highest BCUT2D eigenvalue weighted by Crippen LogP contribution is 2.20. The maximum Gasteiger partial charge on any atom is 0.248 e. The normalized spacial score (nSPS) is 28.2. The number of carbonyl (C=O) groups excluding carboxylic acids is 1. The van der Waals surface area contributed by atoms with Gasteiger partial charge in [-0.3, -0.25) is 4.79 Å². The van der Waals surface area contributed by atoms with Gasteiger partial charge in [-0.05, 0) is 25.7 Å². The van der Waals surface area contributed by atoms with E-state index in [0.29, 0.717) is 18.7 Å². The van der Waals surface area contributed by atoms with E-state index < -0.39 is 0 Å². The molecule has 2 bridgehead atoms. The van der Waals surface area contributed by atoms with Crippen LogP contribution in [0.3, 0.4) is 0 Å². The van der Waals surface area contributed by atoms with Gasteiger partial charge in [-0.2, -0.15) is 0 Å². The van der Waals surface area contributed by atoms with Crippen molar-refractivity contribution in [2.24, 2.45) is 0 Å². The zero-order valence-corrected chi connectivity index (χ0v) is 10.8. The zero-order valence-electron chi connectivity index (χ0n) is 10.8. The number of nitrogens with one attached hydrogen (secondary N) is 1. The summed E-state index contributed by atoms with van der Waals surface area (Å²) >= 11 is 0. The first-order valence-corrected chi connectivity index (χ1v) is 6.91. The minimum atomic E-state index is 0.162. The third-order valence-electron chi connectivity index (χ3n) is 3.74. The van der Waals surface area contributed by atoms with E-state index in [-0.39, 0.29) is 12.5 Å². The van der Waals surface area contributed by atoms with Crippen LogP contribution in [0, 0.1) is 0 Å². The summed E-state index contributed by atoms with van der Waals surface area (Å²) in [5, 5.41) is 3.58. The van der Waals surface area contributed by atoms with E-state index >= 15 is 0 Å². The van der Waals surface area contributed by atoms with Crippen LogP contribution in [0.25, 0.3) is 0 Å². The summed E-state index contributed by atoms with van der Waals surface area (Å²) in [4.78, 5) is 13.9. The smallest absolute Gasteiger partial charge is 0.248 e. The fraction of sp³-hybridized carbons (Fsp3) is 0.923. The second-order valence-electron chi connectivity index (χ2n) is 5.17. The number of amides is 1. The van der Waals surface area contributed by atoms with Crippen molar-refractivity contribution in [3.63, 3.8) is 0 Å². The Morgan fingerprint density at radius 1 is 1.35 bits per heavy atom. The van der Waals surface area contributed by atoms with Gasteiger partial charge in [0.05, 0.1) is 0 Å². The molecule has 2 rings (SSSR count). The molecule has 2 unspecified atom stereocenters. The van der Waals surface area contributed by atoms with Gasteiger partial charge in [-0.15, -0.1) is 0 Å². The summed E-state index contributed by atoms with van der Waals surface area (Å²) in [6, 6.07) is 1.15. The highest BCUT2D eigenvalue weighted by molar-refractivity contribution is 5.77. The molecule has 2 heterocycles. The minimum Gasteiger partial charge on any atom is -0.372 e. The molecule has 0 aliphatic carbocycles. The van der Waals surface area contributed by atoms with Gasteiger partial charge in [-0.1, -0.05) is 13.3 Å². The monoisotopic (exact) mass is 240 g/mol. The van der Waals surface area contributed by atoms with E-state index in [9.17, 15) is 4.79 Å². The Balaban J connectivity index is 1.71. The Morgan fingerprint density at radius 3 is 3.00 bits per heavy atom. The summed E-state index contributed by atoms with van der Waals surface area (Å²) in [5.74, 6) is 0.162. The number of hydrogen-bond donors (Lipinski definition) is 1. The van der Waals surface area contributed by atoms with Crippen LogP contribution in [0.4, 0.5) is 0 Å². The van der Waals surface area contributed by atoms with Crippen LogP contribution < -0.4 is 5.32 Å². The van der Waals surface area contributed by atoms with Gasteiger partial charge in [0.1, 0.15) is 6.61 Å². The molecule has 17 heavy (non-hydrogen) atoms. The lowest BCUT2D eigenvalue weighted by Gasteiger charge is -2.24. The van der Waals surface area contributed by atoms with E-state index in [1.165, 1.54) is 12.8 Å². The molecule has 0 aromatic rings. The van der Waals surface area contributed by atoms with Crippen LogP contribution in [0.5, 0.6) is 0 Å². The molecule has 0 aromatic carbocycles. The lowest BCUT2D eigenvalue weighted by Crippen LogP contribution is -2.40. The molecule has 4 nitrogen and oxygen atoms in total. The van der Waals surface area contributed by atoms with Crippen molar-refractivity contribution in [1.29, 1.82) is 0 Å². The van der Waals surface area contributed by atoms with Gasteiger partial charge < -0.3 is 15.0 Å². The summed E-state index contributed by atoms with van der Waals surface area (Å²) in [6.45, 7) is 4.86. The topological polar surface area (TPSA) is 41.6 Å². The molecule has 0 radical (unpaired) electrons. The number of fused-ring (bicyclic) bond motifs is 2. The second-order valence-corrected chi connectivity index (χ2v) is 5.17. The minimum absolute atomic E-state index is 0.162. The molecule has 2 aliphatic heterocycles. The molecule has 2 fully saturated rings. The van der Waals surface area contributed by atoms with E-state index in [1.807, 2.05) is 4.90 Å². The number of rotatable bonds is 5. The van der Waals surface area contributed by atoms with E-state index in [4.69, 9.17) is 4.74 Å². The summed E-state index contributed by atoms with van der Waals surface area (Å²) < 4.78 is 5.40. The Bertz CT molecular complexity index is 258. The molecular formula is C13H24N2O2. The van der Waals surface area contributed by atoms with Gasteiger partial charge in [0, 0.05) is 31.8 Å². The van der Waals surface area contributed by atoms with Crippen molar-refractivity contribution >= 4 is 5.91 Å². The largest absolute Gasteiger partial charge is 0.372 e. The first-order valence-electron chi connectivity index (χ1n) is 6.91. The zero-order chi connectivity index (χ0) is 12.1. The van der Waals surface area contributed by atoms with Crippen LogP contribution in [0.2, 0.25) is 0 Å². The van der Waals surface area contributed by atoms with Gasteiger partial charge >= 0.3 is 0 Å². The van der Waals surface area contributed by atoms with Crippen LogP contribution in [0.1, 0.15) is 39.0 Å². The Labute approximate surface area is 104 Å². The number of carbonyl (C=O) groups is 1. The Morgan fingerprint density at radius 2 is 2.18 bits per heavy atom. The fourth-order valence-corrected chi connectivity index (χ4v) is 2.67. The van der Waals surface area contributed by atoms with Gasteiger partial charge in [-0.25, -0.2) is 0 Å². The van der Waals surface area contributed by atoms with Crippen molar-refractivity contribution in [3.8, 4) is 0 Å². The first kappa shape index (κ1) is 12.8. The number of likely N-dealkylation sites (tertiary alicyclic amines) is 1. The molecule has 1 N–H and O–H groups in total. The third kappa shape index (κ3) is 3.68. The predicted molar refractivity (Wildman–Crippen MR) is 66.9 cm³/mol. The van der Waals surface area contributed by atoms with Crippen molar-refractivity contribution in [3.05, 3.63) is 0 Å². The average Bonchev–Trinajstić information content (AvgIpc) is 2.64. The maximum absolute atomic E-state index is 12.0. The molecular weight excluding hydrogens is 216 g/mol. The number of ether oxygens (including phenoxy) is 1. The van der Waals surface area contributed by atoms with Crippen LogP contribution in [-0.4, -0.2) is 49.2 Å². The molecule has 0 spiro atoms. The third-order valence-corrected chi connectivity index (χ3v) is 3.74. The molecule has 2 atom stereocenters. The Hall–Kier alpha value is -0.610. The highest BCUT2D eigenvalue weighted by Gasteiger charge is 2.30. The van der Waals surface area contributed by atoms with Crippen molar-refractivity contribution in [2.75, 3.05) is 26.3 Å². The van der Waals surface area contributed by atoms with E-state index in [0.717, 1.165) is 32.4 Å². The Kier molecular flexibility index (Phi) is 4.80. The molecule has 0 aromatic heterocycles. The number of nitrogens with zero attached hydrogens (tertiary/aromatic N) is 1. The fourth-order valence-electron chi connectivity index (χ4n) is 2.67. The van der Waals surface area contributed by atoms with Crippen LogP contribution >= 0.6 is 0 Å². The maximum atomic E-state index is 12.0. The molecule has 1 amide bonds. The lowest BCUT2D eigenvalue weighted by molar-refractivity contribution is -0.136. The molecule has 98 valence electrons. The summed E-state index contributed by atoms with van der Waals surface area (Å²) in [7, 11) is 0. The molecule has 4 heteroatoms. The molecule has 0 saturated carbocycles. The number of unbranched alkanes of at least 4 members (excludes halogenated alkanes) is 1.